The van der Waals surface area contributed by atoms with Crippen LogP contribution in [0.15, 0.2) is 94.9 Å². The van der Waals surface area contributed by atoms with Crippen LogP contribution in [0.25, 0.3) is 31.9 Å². The van der Waals surface area contributed by atoms with E-state index in [4.69, 9.17) is 58.0 Å². The summed E-state index contributed by atoms with van der Waals surface area (Å²) in [4.78, 5) is 22.3. The summed E-state index contributed by atoms with van der Waals surface area (Å²) in [7, 11) is 3.96. The molecule has 4 aromatic carbocycles. The molecule has 7 unspecified atom stereocenters. The number of halogens is 1. The Kier molecular flexibility index (Phi) is 20.8. The van der Waals surface area contributed by atoms with Crippen molar-refractivity contribution in [3.05, 3.63) is 119 Å². The fourth-order valence-electron chi connectivity index (χ4n) is 9.71. The average Bonchev–Trinajstić information content (AvgIpc) is 3.60. The largest absolute Gasteiger partial charge is 1.00 e. The molecule has 0 aliphatic carbocycles. The molecule has 15 nitrogen and oxygen atoms in total. The zero-order valence-electron chi connectivity index (χ0n) is 40.0. The van der Waals surface area contributed by atoms with Crippen molar-refractivity contribution in [2.75, 3.05) is 21.2 Å². The summed E-state index contributed by atoms with van der Waals surface area (Å²) < 4.78 is 24.8. The number of nitrogens with one attached hydrogen (secondary N) is 1. The third kappa shape index (κ3) is 13.2. The molecule has 2 fully saturated rings. The zero-order chi connectivity index (χ0) is 47.5. The van der Waals surface area contributed by atoms with Crippen LogP contribution in [0.4, 0.5) is 11.4 Å². The molecule has 0 radical (unpaired) electrons. The maximum Gasteiger partial charge on any atom is 1.00 e. The molecule has 0 saturated carbocycles. The van der Waals surface area contributed by atoms with E-state index in [2.05, 4.69) is 48.4 Å². The van der Waals surface area contributed by atoms with E-state index in [-0.39, 0.29) is 78.6 Å². The number of hydroxylamine groups is 3. The van der Waals surface area contributed by atoms with Crippen molar-refractivity contribution in [2.24, 2.45) is 27.6 Å². The quantitative estimate of drug-likeness (QED) is 0.0925. The van der Waals surface area contributed by atoms with Gasteiger partial charge in [-0.25, -0.2) is 30.1 Å². The van der Waals surface area contributed by atoms with Crippen LogP contribution in [0.2, 0.25) is 0 Å². The average molecular weight is 956 g/mol. The fourth-order valence-corrected chi connectivity index (χ4v) is 9.71. The van der Waals surface area contributed by atoms with E-state index in [1.54, 1.807) is 24.7 Å². The van der Waals surface area contributed by atoms with Crippen molar-refractivity contribution in [3.63, 3.8) is 0 Å². The van der Waals surface area contributed by atoms with E-state index in [1.165, 1.54) is 12.1 Å². The van der Waals surface area contributed by atoms with Crippen LogP contribution in [-0.2, 0) is 20.0 Å². The summed E-state index contributed by atoms with van der Waals surface area (Å²) in [5, 5.41) is 26.4. The van der Waals surface area contributed by atoms with E-state index >= 15 is 0 Å². The summed E-state index contributed by atoms with van der Waals surface area (Å²) in [5.41, 5.74) is 14.6. The maximum absolute atomic E-state index is 9.25. The van der Waals surface area contributed by atoms with Crippen LogP contribution in [0.1, 0.15) is 77.3 Å². The Morgan fingerprint density at radius 2 is 1.26 bits per heavy atom. The van der Waals surface area contributed by atoms with E-state index in [0.717, 1.165) is 83.4 Å². The summed E-state index contributed by atoms with van der Waals surface area (Å²) in [5.74, 6) is 2.61. The molecule has 354 valence electrons. The Balaban J connectivity index is 0.000000265. The number of rotatable bonds is 4. The molecule has 5 heterocycles. The van der Waals surface area contributed by atoms with Gasteiger partial charge in [-0.05, 0) is 112 Å². The Morgan fingerprint density at radius 1 is 0.794 bits per heavy atom. The summed E-state index contributed by atoms with van der Waals surface area (Å²) in [6.07, 6.45) is 7.72. The second-order valence-corrected chi connectivity index (χ2v) is 17.2. The number of fused-ring (bicyclic) bond motifs is 3. The van der Waals surface area contributed by atoms with Crippen LogP contribution in [-0.4, -0.2) is 79.8 Å². The number of benzene rings is 4. The van der Waals surface area contributed by atoms with Crippen molar-refractivity contribution >= 4 is 35.5 Å². The molecule has 68 heavy (non-hydrogen) atoms. The summed E-state index contributed by atoms with van der Waals surface area (Å²) in [6.45, 7) is 23.0. The van der Waals surface area contributed by atoms with Crippen molar-refractivity contribution in [2.45, 2.75) is 109 Å². The second kappa shape index (κ2) is 25.5. The number of guanidine groups is 1. The molecule has 17 heteroatoms. The molecule has 0 bridgehead atoms. The van der Waals surface area contributed by atoms with Gasteiger partial charge < -0.3 is 35.0 Å². The fraction of sp³-hybridized carbons (Fsp3) is 0.431. The number of nitriles is 1. The Labute approximate surface area is 428 Å². The zero-order valence-corrected chi connectivity index (χ0v) is 42.8. The third-order valence-corrected chi connectivity index (χ3v) is 12.3. The first-order chi connectivity index (χ1) is 31.8. The first-order valence-corrected chi connectivity index (χ1v) is 22.2. The second-order valence-electron chi connectivity index (χ2n) is 17.2. The molecule has 7 atom stereocenters. The van der Waals surface area contributed by atoms with Gasteiger partial charge in [-0.1, -0.05) is 48.5 Å². The molecule has 0 amide bonds. The minimum Gasteiger partial charge on any atom is -0.857 e. The first-order valence-electron chi connectivity index (χ1n) is 22.2. The van der Waals surface area contributed by atoms with Crippen LogP contribution < -0.4 is 55.4 Å². The van der Waals surface area contributed by atoms with Gasteiger partial charge in [-0.2, -0.15) is 17.4 Å². The van der Waals surface area contributed by atoms with E-state index in [1.807, 2.05) is 72.9 Å². The summed E-state index contributed by atoms with van der Waals surface area (Å²) in [6, 6.07) is 27.2. The number of nitrogens with zero attached hydrogens (tertiary/aromatic N) is 6. The number of nitrogens with two attached hydrogens (primary N) is 1. The van der Waals surface area contributed by atoms with Crippen molar-refractivity contribution in [1.29, 1.82) is 5.26 Å². The van der Waals surface area contributed by atoms with Crippen LogP contribution in [0.5, 0.6) is 11.5 Å². The Bertz CT molecular complexity index is 2510. The van der Waals surface area contributed by atoms with Gasteiger partial charge in [0.15, 0.2) is 11.4 Å². The van der Waals surface area contributed by atoms with E-state index < -0.39 is 5.72 Å². The van der Waals surface area contributed by atoms with E-state index in [0.29, 0.717) is 42.0 Å². The smallest absolute Gasteiger partial charge is 0.857 e. The van der Waals surface area contributed by atoms with Crippen molar-refractivity contribution in [3.8, 4) is 39.9 Å². The van der Waals surface area contributed by atoms with Gasteiger partial charge in [0.2, 0.25) is 17.9 Å². The van der Waals surface area contributed by atoms with Crippen molar-refractivity contribution in [1.82, 2.24) is 10.5 Å². The molecule has 4 aromatic rings. The predicted molar refractivity (Wildman–Crippen MR) is 258 cm³/mol. The monoisotopic (exact) mass is 954 g/mol. The van der Waals surface area contributed by atoms with E-state index in [9.17, 15) is 5.26 Å². The van der Waals surface area contributed by atoms with Gasteiger partial charge in [0.05, 0.1) is 48.8 Å². The van der Waals surface area contributed by atoms with Crippen LogP contribution in [0, 0.1) is 36.4 Å². The van der Waals surface area contributed by atoms with Crippen molar-refractivity contribution < 1.29 is 63.7 Å². The van der Waals surface area contributed by atoms with Gasteiger partial charge >= 0.3 is 29.6 Å². The number of hydrogen-bond donors (Lipinski definition) is 3. The third-order valence-electron chi connectivity index (χ3n) is 12.3. The van der Waals surface area contributed by atoms with Crippen LogP contribution in [0.3, 0.4) is 0 Å². The number of ether oxygens (including phenoxy) is 4. The van der Waals surface area contributed by atoms with Gasteiger partial charge in [0.25, 0.3) is 0 Å². The van der Waals surface area contributed by atoms with Gasteiger partial charge in [-0.15, -0.1) is 12.4 Å². The molecule has 9 rings (SSSR count). The standard InChI is InChI=1S/C25H28N4O3.C24H23N3O2.CH5NO.CH3O.ClH.Na/c1-15-10-19(11-16(2)30-15)23-14-25(28-24(26)29(4)32-25)21-13-18(8-9-22(21)31-23)17-6-5-7-20(12-17)27-3;1-15-9-19(10-16(2)28-15)24-13-22(27-14-25)21-12-18(7-8-23(21)29-24)17-5-4-6-20(11-17)26-3;1-2-3;1-2;;/h5-9,12-13,15-16,19,23H,10-11,14H2,1-2,4H3,(H2,26,28);4-8,11-12,15-16,19,24H,9-10,13H2,1-2H3;2-3H,1H3;1H3;1H;/q;;;-1;;+1. The predicted octanol–water partition coefficient (Wildman–Crippen LogP) is 6.13. The van der Waals surface area contributed by atoms with Gasteiger partial charge in [0, 0.05) is 44.3 Å². The number of aliphatic imine (C=N–C) groups is 2. The van der Waals surface area contributed by atoms with Gasteiger partial charge in [-0.3, -0.25) is 0 Å². The Morgan fingerprint density at radius 3 is 1.75 bits per heavy atom. The molecular formula is C51H60ClN8NaO7. The summed E-state index contributed by atoms with van der Waals surface area (Å²) >= 11 is 0. The van der Waals surface area contributed by atoms with Gasteiger partial charge in [0.1, 0.15) is 23.7 Å². The van der Waals surface area contributed by atoms with Crippen LogP contribution >= 0.6 is 12.4 Å². The molecule has 2 saturated heterocycles. The number of hydrogen-bond acceptors (Lipinski definition) is 13. The molecule has 5 aliphatic rings. The topological polar surface area (TPSA) is 188 Å². The minimum absolute atomic E-state index is 0. The first kappa shape index (κ1) is 55.5. The maximum atomic E-state index is 9.25. The molecule has 4 N–H and O–H groups in total. The molecular weight excluding hydrogens is 895 g/mol. The minimum atomic E-state index is -0.921. The molecule has 5 aliphatic heterocycles. The normalized spacial score (nSPS) is 26.9. The molecule has 1 spiro atoms. The molecule has 0 aromatic heterocycles. The Hall–Kier alpha value is -5.06. The SMILES string of the molecule is CNO.C[O-].Cl.[C-]#[N+]c1cccc(-c2ccc3c(c2)C(=NC#N)CC(C2CC(C)OC(C)C2)O3)c1.[C-]#[N+]c1cccc(-c2ccc3c(c2)C2(CC(C4CC(C)OC(C)C4)O3)N=C(N)N(C)O2)c1.[Na+].